The number of pyridine rings is 1. The molecule has 200 valence electrons. The monoisotopic (exact) mass is 563 g/mol. The molecule has 3 heterocycles. The average Bonchev–Trinajstić information content (AvgIpc) is 3.53. The third-order valence-corrected chi connectivity index (χ3v) is 7.24. The Balaban J connectivity index is 1.63. The highest BCUT2D eigenvalue weighted by atomic mass is 32.2. The van der Waals surface area contributed by atoms with Gasteiger partial charge in [0.2, 0.25) is 10.0 Å². The van der Waals surface area contributed by atoms with Crippen LogP contribution in [0.1, 0.15) is 33.8 Å². The van der Waals surface area contributed by atoms with Crippen LogP contribution in [0.25, 0.3) is 5.69 Å². The van der Waals surface area contributed by atoms with E-state index in [1.165, 1.54) is 7.11 Å². The number of benzene rings is 2. The van der Waals surface area contributed by atoms with Crippen LogP contribution < -0.4 is 19.7 Å². The summed E-state index contributed by atoms with van der Waals surface area (Å²) in [5.41, 5.74) is 3.62. The number of ether oxygens (including phenoxy) is 1. The van der Waals surface area contributed by atoms with Crippen molar-refractivity contribution in [2.45, 2.75) is 12.1 Å². The van der Waals surface area contributed by atoms with Gasteiger partial charge in [-0.1, -0.05) is 6.07 Å². The topological polar surface area (TPSA) is 126 Å². The minimum absolute atomic E-state index is 0.194. The Hall–Kier alpha value is -4.42. The summed E-state index contributed by atoms with van der Waals surface area (Å²) in [6.45, 7) is 0. The van der Waals surface area contributed by atoms with E-state index in [1.807, 2.05) is 46.0 Å². The maximum Gasteiger partial charge on any atom is 0.335 e. The molecule has 1 aliphatic rings. The number of hydrogen-bond donors (Lipinski definition) is 3. The largest absolute Gasteiger partial charge is 0.494 e. The Bertz CT molecular complexity index is 1640. The van der Waals surface area contributed by atoms with Crippen molar-refractivity contribution in [1.29, 1.82) is 0 Å². The van der Waals surface area contributed by atoms with Crippen LogP contribution in [0.5, 0.6) is 5.75 Å². The van der Waals surface area contributed by atoms with Crippen molar-refractivity contribution in [3.8, 4) is 11.4 Å². The molecule has 4 aromatic rings. The molecule has 0 spiro atoms. The van der Waals surface area contributed by atoms with Crippen molar-refractivity contribution in [2.24, 2.45) is 0 Å². The molecule has 1 fully saturated rings. The SMILES string of the molecule is COc1cc(N2C(=S)N[C@@H](c3ccccn3)[C@@H]2c2cccn2-c2ccc(C(=O)O)cc2)ccc1NS(C)(=O)=O. The van der Waals surface area contributed by atoms with Crippen LogP contribution in [0.15, 0.2) is 85.2 Å². The lowest BCUT2D eigenvalue weighted by atomic mass is 10.0. The van der Waals surface area contributed by atoms with E-state index < -0.39 is 16.0 Å². The van der Waals surface area contributed by atoms with Gasteiger partial charge < -0.3 is 24.6 Å². The molecule has 2 atom stereocenters. The van der Waals surface area contributed by atoms with E-state index in [4.69, 9.17) is 17.0 Å². The van der Waals surface area contributed by atoms with Crippen molar-refractivity contribution in [3.05, 3.63) is 102 Å². The zero-order valence-corrected chi connectivity index (χ0v) is 22.6. The lowest BCUT2D eigenvalue weighted by Gasteiger charge is -2.29. The Kier molecular flexibility index (Phi) is 6.98. The van der Waals surface area contributed by atoms with Crippen LogP contribution >= 0.6 is 12.2 Å². The molecule has 0 aliphatic carbocycles. The normalized spacial score (nSPS) is 17.1. The zero-order valence-electron chi connectivity index (χ0n) is 21.0. The summed E-state index contributed by atoms with van der Waals surface area (Å²) in [6, 6.07) is 20.6. The van der Waals surface area contributed by atoms with E-state index in [1.54, 1.807) is 48.7 Å². The fourth-order valence-electron chi connectivity index (χ4n) is 4.68. The molecule has 0 amide bonds. The quantitative estimate of drug-likeness (QED) is 0.271. The second-order valence-corrected chi connectivity index (χ2v) is 11.0. The van der Waals surface area contributed by atoms with Gasteiger partial charge in [0.05, 0.1) is 36.4 Å². The second kappa shape index (κ2) is 10.4. The predicted molar refractivity (Wildman–Crippen MR) is 152 cm³/mol. The molecule has 1 aliphatic heterocycles. The number of carbonyl (C=O) groups is 1. The number of carboxylic acids is 1. The van der Waals surface area contributed by atoms with Gasteiger partial charge in [-0.15, -0.1) is 0 Å². The first-order valence-corrected chi connectivity index (χ1v) is 14.1. The number of rotatable bonds is 8. The highest BCUT2D eigenvalue weighted by Gasteiger charge is 2.42. The number of methoxy groups -OCH3 is 1. The molecule has 0 unspecified atom stereocenters. The summed E-state index contributed by atoms with van der Waals surface area (Å²) in [5.74, 6) is -0.663. The van der Waals surface area contributed by atoms with Gasteiger partial charge in [0.1, 0.15) is 11.8 Å². The Morgan fingerprint density at radius 1 is 1.08 bits per heavy atom. The van der Waals surface area contributed by atoms with Gasteiger partial charge in [-0.3, -0.25) is 9.71 Å². The van der Waals surface area contributed by atoms with E-state index in [-0.39, 0.29) is 17.6 Å². The van der Waals surface area contributed by atoms with Gasteiger partial charge in [0.15, 0.2) is 5.11 Å². The Morgan fingerprint density at radius 2 is 1.82 bits per heavy atom. The van der Waals surface area contributed by atoms with Crippen LogP contribution in [0, 0.1) is 0 Å². The van der Waals surface area contributed by atoms with E-state index in [0.29, 0.717) is 22.2 Å². The molecule has 3 N–H and O–H groups in total. The number of anilines is 2. The molecule has 0 bridgehead atoms. The van der Waals surface area contributed by atoms with Crippen LogP contribution in [0.3, 0.4) is 0 Å². The third-order valence-electron chi connectivity index (χ3n) is 6.33. The Morgan fingerprint density at radius 3 is 2.46 bits per heavy atom. The standard InChI is InChI=1S/C27H25N5O5S2/c1-37-23-16-19(12-13-20(23)30-39(2,35)36)32-25(24(29-27(32)38)21-6-3-4-14-28-21)22-7-5-15-31(22)18-10-8-17(9-11-18)26(33)34/h3-16,24-25,30H,1-2H3,(H,29,38)(H,33,34)/t24-,25-/m0/s1. The van der Waals surface area contributed by atoms with Crippen molar-refractivity contribution in [1.82, 2.24) is 14.9 Å². The van der Waals surface area contributed by atoms with E-state index in [0.717, 1.165) is 23.3 Å². The van der Waals surface area contributed by atoms with Gasteiger partial charge in [0.25, 0.3) is 0 Å². The smallest absolute Gasteiger partial charge is 0.335 e. The summed E-state index contributed by atoms with van der Waals surface area (Å²) in [6.07, 6.45) is 4.70. The van der Waals surface area contributed by atoms with Crippen LogP contribution in [0.4, 0.5) is 11.4 Å². The molecular formula is C27H25N5O5S2. The number of aromatic carboxylic acids is 1. The van der Waals surface area contributed by atoms with E-state index in [9.17, 15) is 18.3 Å². The minimum atomic E-state index is -3.52. The first-order valence-electron chi connectivity index (χ1n) is 11.8. The van der Waals surface area contributed by atoms with Crippen molar-refractivity contribution < 1.29 is 23.1 Å². The Labute approximate surface area is 230 Å². The number of sulfonamides is 1. The van der Waals surface area contributed by atoms with Crippen LogP contribution in [0.2, 0.25) is 0 Å². The van der Waals surface area contributed by atoms with Crippen molar-refractivity contribution >= 4 is 44.7 Å². The minimum Gasteiger partial charge on any atom is -0.494 e. The molecular weight excluding hydrogens is 538 g/mol. The summed E-state index contributed by atoms with van der Waals surface area (Å²) in [7, 11) is -2.05. The van der Waals surface area contributed by atoms with Gasteiger partial charge in [-0.2, -0.15) is 0 Å². The first-order chi connectivity index (χ1) is 18.7. The second-order valence-electron chi connectivity index (χ2n) is 8.91. The first kappa shape index (κ1) is 26.2. The van der Waals surface area contributed by atoms with Crippen LogP contribution in [-0.4, -0.2) is 47.5 Å². The average molecular weight is 564 g/mol. The molecule has 0 saturated carbocycles. The molecule has 39 heavy (non-hydrogen) atoms. The third kappa shape index (κ3) is 5.29. The molecule has 5 rings (SSSR count). The predicted octanol–water partition coefficient (Wildman–Crippen LogP) is 4.13. The number of hydrogen-bond acceptors (Lipinski definition) is 6. The van der Waals surface area contributed by atoms with E-state index >= 15 is 0 Å². The summed E-state index contributed by atoms with van der Waals surface area (Å²) in [4.78, 5) is 17.9. The zero-order chi connectivity index (χ0) is 27.7. The van der Waals surface area contributed by atoms with Gasteiger partial charge in [-0.25, -0.2) is 13.2 Å². The fourth-order valence-corrected chi connectivity index (χ4v) is 5.60. The molecule has 2 aromatic heterocycles. The van der Waals surface area contributed by atoms with Crippen molar-refractivity contribution in [2.75, 3.05) is 23.0 Å². The number of thiocarbonyl (C=S) groups is 1. The molecule has 1 saturated heterocycles. The fraction of sp³-hybridized carbons (Fsp3) is 0.148. The number of carboxylic acid groups (broad SMARTS) is 1. The van der Waals surface area contributed by atoms with Crippen LogP contribution in [-0.2, 0) is 10.0 Å². The number of aromatic nitrogens is 2. The summed E-state index contributed by atoms with van der Waals surface area (Å²) < 4.78 is 33.7. The summed E-state index contributed by atoms with van der Waals surface area (Å²) in [5, 5.41) is 13.2. The van der Waals surface area contributed by atoms with Gasteiger partial charge in [0, 0.05) is 35.5 Å². The number of nitrogens with one attached hydrogen (secondary N) is 2. The lowest BCUT2D eigenvalue weighted by molar-refractivity contribution is 0.0697. The molecule has 10 nitrogen and oxygen atoms in total. The van der Waals surface area contributed by atoms with E-state index in [2.05, 4.69) is 15.0 Å². The molecule has 0 radical (unpaired) electrons. The maximum absolute atomic E-state index is 11.8. The summed E-state index contributed by atoms with van der Waals surface area (Å²) >= 11 is 5.82. The molecule has 12 heteroatoms. The van der Waals surface area contributed by atoms with Crippen molar-refractivity contribution in [3.63, 3.8) is 0 Å². The number of nitrogens with zero attached hydrogens (tertiary/aromatic N) is 3. The van der Waals surface area contributed by atoms with Gasteiger partial charge >= 0.3 is 5.97 Å². The highest BCUT2D eigenvalue weighted by molar-refractivity contribution is 7.92. The molecule has 2 aromatic carbocycles. The highest BCUT2D eigenvalue weighted by Crippen LogP contribution is 2.44. The maximum atomic E-state index is 11.8. The lowest BCUT2D eigenvalue weighted by Crippen LogP contribution is -2.30. The van der Waals surface area contributed by atoms with Gasteiger partial charge in [-0.05, 0) is 72.9 Å².